The lowest BCUT2D eigenvalue weighted by molar-refractivity contribution is -0.144. The van der Waals surface area contributed by atoms with Crippen LogP contribution in [0.5, 0.6) is 0 Å². The van der Waals surface area contributed by atoms with E-state index in [0.29, 0.717) is 12.8 Å². The molecule has 1 aliphatic heterocycles. The Morgan fingerprint density at radius 3 is 2.10 bits per heavy atom. The lowest BCUT2D eigenvalue weighted by atomic mass is 9.80. The zero-order valence-corrected chi connectivity index (χ0v) is 32.0. The highest BCUT2D eigenvalue weighted by Gasteiger charge is 2.48. The number of thiophene rings is 1. The van der Waals surface area contributed by atoms with Crippen LogP contribution in [0.1, 0.15) is 87.5 Å². The Bertz CT molecular complexity index is 1460. The Labute approximate surface area is 295 Å². The van der Waals surface area contributed by atoms with Crippen LogP contribution in [0, 0.1) is 28.6 Å². The number of ketones is 1. The maximum Gasteiger partial charge on any atom is 0.315 e. The average Bonchev–Trinajstić information content (AvgIpc) is 3.66. The fourth-order valence-corrected chi connectivity index (χ4v) is 8.81. The van der Waals surface area contributed by atoms with Crippen LogP contribution in [0.25, 0.3) is 0 Å². The van der Waals surface area contributed by atoms with Crippen LogP contribution in [0.4, 0.5) is 4.79 Å². The number of carbonyl (C=O) groups excluding carboxylic acids is 5. The molecule has 2 aliphatic rings. The van der Waals surface area contributed by atoms with Gasteiger partial charge in [-0.15, -0.1) is 11.3 Å². The molecule has 1 aromatic rings. The Kier molecular flexibility index (Phi) is 13.1. The van der Waals surface area contributed by atoms with Gasteiger partial charge in [0.05, 0.1) is 6.04 Å². The number of rotatable bonds is 14. The number of sulfonamides is 1. The van der Waals surface area contributed by atoms with E-state index >= 15 is 0 Å². The molecular formula is C34H56N6O7S2. The summed E-state index contributed by atoms with van der Waals surface area (Å²) >= 11 is 1.11. The average molecular weight is 725 g/mol. The molecule has 2 fully saturated rings. The van der Waals surface area contributed by atoms with Gasteiger partial charge < -0.3 is 26.6 Å². The maximum atomic E-state index is 14.4. The van der Waals surface area contributed by atoms with Crippen LogP contribution in [0.15, 0.2) is 21.7 Å². The second kappa shape index (κ2) is 15.9. The molecule has 0 spiro atoms. The van der Waals surface area contributed by atoms with Gasteiger partial charge >= 0.3 is 6.03 Å². The number of nitrogens with zero attached hydrogens (tertiary/aromatic N) is 2. The normalized spacial score (nSPS) is 20.8. The van der Waals surface area contributed by atoms with Crippen molar-refractivity contribution in [3.63, 3.8) is 0 Å². The molecule has 13 nitrogen and oxygen atoms in total. The maximum absolute atomic E-state index is 14.4. The van der Waals surface area contributed by atoms with Gasteiger partial charge in [0.2, 0.25) is 17.6 Å². The summed E-state index contributed by atoms with van der Waals surface area (Å²) in [6.45, 7) is 15.3. The van der Waals surface area contributed by atoms with Crippen LogP contribution in [0.3, 0.4) is 0 Å². The van der Waals surface area contributed by atoms with Crippen molar-refractivity contribution in [1.82, 2.24) is 25.2 Å². The number of nitrogens with two attached hydrogens (primary N) is 1. The predicted molar refractivity (Wildman–Crippen MR) is 189 cm³/mol. The highest BCUT2D eigenvalue weighted by atomic mass is 32.2. The number of primary amides is 1. The molecule has 0 bridgehead atoms. The molecule has 5 N–H and O–H groups in total. The Morgan fingerprint density at radius 2 is 1.63 bits per heavy atom. The monoisotopic (exact) mass is 724 g/mol. The number of hydrogen-bond donors (Lipinski definition) is 4. The summed E-state index contributed by atoms with van der Waals surface area (Å²) in [4.78, 5) is 68.0. The molecule has 276 valence electrons. The van der Waals surface area contributed by atoms with E-state index in [4.69, 9.17) is 5.73 Å². The molecule has 1 saturated heterocycles. The van der Waals surface area contributed by atoms with Crippen LogP contribution in [0.2, 0.25) is 0 Å². The lowest BCUT2D eigenvalue weighted by Crippen LogP contribution is -2.62. The van der Waals surface area contributed by atoms with E-state index in [0.717, 1.165) is 30.6 Å². The Hall–Kier alpha value is -3.04. The summed E-state index contributed by atoms with van der Waals surface area (Å²) in [5.74, 6) is -2.95. The second-order valence-electron chi connectivity index (χ2n) is 16.0. The molecule has 0 radical (unpaired) electrons. The zero-order valence-electron chi connectivity index (χ0n) is 30.4. The second-order valence-corrected chi connectivity index (χ2v) is 19.3. The van der Waals surface area contributed by atoms with Crippen LogP contribution < -0.4 is 21.7 Å². The first-order valence-corrected chi connectivity index (χ1v) is 19.4. The van der Waals surface area contributed by atoms with E-state index in [1.807, 2.05) is 55.4 Å². The predicted octanol–water partition coefficient (Wildman–Crippen LogP) is 3.10. The summed E-state index contributed by atoms with van der Waals surface area (Å²) in [7, 11) is -2.31. The molecule has 49 heavy (non-hydrogen) atoms. The van der Waals surface area contributed by atoms with Crippen molar-refractivity contribution in [1.29, 1.82) is 0 Å². The number of likely N-dealkylation sites (N-methyl/N-ethyl adjacent to an activating group) is 1. The lowest BCUT2D eigenvalue weighted by Gasteiger charge is -2.38. The first-order valence-electron chi connectivity index (χ1n) is 17.1. The zero-order chi connectivity index (χ0) is 37.1. The van der Waals surface area contributed by atoms with Crippen molar-refractivity contribution < 1.29 is 32.4 Å². The number of urea groups is 1. The first-order chi connectivity index (χ1) is 22.5. The van der Waals surface area contributed by atoms with Gasteiger partial charge in [-0.3, -0.25) is 19.2 Å². The third-order valence-electron chi connectivity index (χ3n) is 9.86. The van der Waals surface area contributed by atoms with Gasteiger partial charge in [-0.05, 0) is 52.9 Å². The van der Waals surface area contributed by atoms with Crippen molar-refractivity contribution in [2.24, 2.45) is 34.3 Å². The molecule has 1 aromatic heterocycles. The van der Waals surface area contributed by atoms with Crippen molar-refractivity contribution in [3.8, 4) is 0 Å². The number of hydrogen-bond acceptors (Lipinski definition) is 8. The topological polar surface area (TPSA) is 188 Å². The number of carbonyl (C=O) groups is 5. The van der Waals surface area contributed by atoms with Gasteiger partial charge in [-0.25, -0.2) is 13.2 Å². The largest absolute Gasteiger partial charge is 0.363 e. The number of likely N-dealkylation sites (tertiary alicyclic amines) is 1. The Balaban J connectivity index is 1.83. The molecule has 15 heteroatoms. The van der Waals surface area contributed by atoms with E-state index in [2.05, 4.69) is 16.0 Å². The fourth-order valence-electron chi connectivity index (χ4n) is 6.42. The number of Topliss-reactive ketones (excluding diaryl/α,β-unsaturated/α-hetero) is 1. The molecule has 3 rings (SSSR count). The van der Waals surface area contributed by atoms with Gasteiger partial charge in [-0.1, -0.05) is 80.7 Å². The SMILES string of the molecule is CC(C)[C@H]1CCN(C(=O)[C@@H](NC(=O)N[C@H](CN(C)S(=O)(=O)c2cccs2)C(C)(C)C)C(C)(C)C)[C@@H]1C(=O)NC(CC1CCC1)C(=O)C(N)=O. The summed E-state index contributed by atoms with van der Waals surface area (Å²) in [6, 6.07) is -1.14. The van der Waals surface area contributed by atoms with Gasteiger partial charge in [0.1, 0.15) is 16.3 Å². The summed E-state index contributed by atoms with van der Waals surface area (Å²) in [6.07, 6.45) is 3.68. The third kappa shape index (κ3) is 10.0. The first kappa shape index (κ1) is 40.4. The number of amides is 5. The van der Waals surface area contributed by atoms with E-state index in [9.17, 15) is 32.4 Å². The minimum Gasteiger partial charge on any atom is -0.363 e. The van der Waals surface area contributed by atoms with Crippen LogP contribution in [-0.2, 0) is 29.2 Å². The van der Waals surface area contributed by atoms with Crippen molar-refractivity contribution >= 4 is 50.9 Å². The molecule has 5 atom stereocenters. The fraction of sp³-hybridized carbons (Fsp3) is 0.735. The van der Waals surface area contributed by atoms with Gasteiger partial charge in [-0.2, -0.15) is 4.31 Å². The minimum absolute atomic E-state index is 0.0121. The van der Waals surface area contributed by atoms with Crippen molar-refractivity contribution in [2.75, 3.05) is 20.1 Å². The molecule has 2 heterocycles. The van der Waals surface area contributed by atoms with Crippen molar-refractivity contribution in [3.05, 3.63) is 17.5 Å². The van der Waals surface area contributed by atoms with E-state index in [1.54, 1.807) is 11.4 Å². The van der Waals surface area contributed by atoms with Crippen molar-refractivity contribution in [2.45, 2.75) is 116 Å². The minimum atomic E-state index is -3.77. The van der Waals surface area contributed by atoms with E-state index in [-0.39, 0.29) is 35.1 Å². The van der Waals surface area contributed by atoms with Crippen LogP contribution >= 0.6 is 11.3 Å². The molecule has 0 aromatic carbocycles. The Morgan fingerprint density at radius 1 is 1.00 bits per heavy atom. The summed E-state index contributed by atoms with van der Waals surface area (Å²) in [5, 5.41) is 10.2. The van der Waals surface area contributed by atoms with Gasteiger partial charge in [0, 0.05) is 26.2 Å². The summed E-state index contributed by atoms with van der Waals surface area (Å²) in [5.41, 5.74) is 4.00. The summed E-state index contributed by atoms with van der Waals surface area (Å²) < 4.78 is 27.7. The quantitative estimate of drug-likeness (QED) is 0.212. The highest BCUT2D eigenvalue weighted by molar-refractivity contribution is 7.91. The van der Waals surface area contributed by atoms with E-state index in [1.165, 1.54) is 22.3 Å². The van der Waals surface area contributed by atoms with E-state index < -0.39 is 74.6 Å². The molecule has 1 aliphatic carbocycles. The number of nitrogens with one attached hydrogen (secondary N) is 3. The molecule has 1 saturated carbocycles. The van der Waals surface area contributed by atoms with Gasteiger partial charge in [0.25, 0.3) is 15.9 Å². The van der Waals surface area contributed by atoms with Gasteiger partial charge in [0.15, 0.2) is 0 Å². The van der Waals surface area contributed by atoms with Crippen LogP contribution in [-0.4, -0.2) is 91.5 Å². The smallest absolute Gasteiger partial charge is 0.315 e. The molecular weight excluding hydrogens is 669 g/mol. The third-order valence-corrected chi connectivity index (χ3v) is 13.1. The highest BCUT2D eigenvalue weighted by Crippen LogP contribution is 2.35. The molecule has 5 amide bonds. The molecule has 1 unspecified atom stereocenters. The standard InChI is InChI=1S/C34H56N6O7S2/c1-20(2)22-15-16-40(26(22)30(43)36-23(27(41)29(35)42)18-21-12-10-13-21)31(44)28(34(6,7)8)38-32(45)37-24(33(3,4)5)19-39(9)49(46,47)25-14-11-17-48-25/h11,14,17,20-24,26,28H,10,12-13,15-16,18-19H2,1-9H3,(H2,35,42)(H,36,43)(H2,37,38,45)/t22-,23?,24-,26+,28-/m1/s1.